The van der Waals surface area contributed by atoms with Crippen LogP contribution in [-0.2, 0) is 11.3 Å². The van der Waals surface area contributed by atoms with Crippen molar-refractivity contribution < 1.29 is 9.53 Å². The Bertz CT molecular complexity index is 448. The highest BCUT2D eigenvalue weighted by Crippen LogP contribution is 2.13. The van der Waals surface area contributed by atoms with Gasteiger partial charge < -0.3 is 15.4 Å². The van der Waals surface area contributed by atoms with Crippen molar-refractivity contribution in [2.24, 2.45) is 5.73 Å². The van der Waals surface area contributed by atoms with Crippen LogP contribution in [0.3, 0.4) is 0 Å². The van der Waals surface area contributed by atoms with Crippen LogP contribution in [0.5, 0.6) is 5.75 Å². The first kappa shape index (κ1) is 15.1. The average Bonchev–Trinajstić information content (AvgIpc) is 2.45. The molecule has 1 atom stereocenters. The maximum atomic E-state index is 12.1. The molecular formula is C15H20N2O2. The molecule has 0 aliphatic heterocycles. The number of carbonyl (C=O) groups is 1. The molecule has 0 aliphatic carbocycles. The highest BCUT2D eigenvalue weighted by Gasteiger charge is 2.19. The zero-order valence-corrected chi connectivity index (χ0v) is 11.4. The molecule has 0 bridgehead atoms. The Balaban J connectivity index is 2.70. The van der Waals surface area contributed by atoms with E-state index in [-0.39, 0.29) is 12.3 Å². The molecule has 19 heavy (non-hydrogen) atoms. The van der Waals surface area contributed by atoms with Crippen molar-refractivity contribution in [1.82, 2.24) is 4.90 Å². The first-order valence-corrected chi connectivity index (χ1v) is 6.23. The average molecular weight is 260 g/mol. The molecule has 1 aromatic rings. The third kappa shape index (κ3) is 4.31. The molecule has 0 aliphatic rings. The Hall–Kier alpha value is -1.99. The van der Waals surface area contributed by atoms with Crippen molar-refractivity contribution >= 4 is 5.91 Å². The predicted octanol–water partition coefficient (Wildman–Crippen LogP) is 1.39. The van der Waals surface area contributed by atoms with Gasteiger partial charge in [0, 0.05) is 19.5 Å². The Morgan fingerprint density at radius 2 is 2.11 bits per heavy atom. The SMILES string of the molecule is C#CCC(N)C(=O)N(CC)Cc1ccc(OC)cc1. The van der Waals surface area contributed by atoms with Crippen LogP contribution >= 0.6 is 0 Å². The van der Waals surface area contributed by atoms with Gasteiger partial charge in [-0.2, -0.15) is 0 Å². The second kappa shape index (κ2) is 7.45. The van der Waals surface area contributed by atoms with Gasteiger partial charge in [-0.25, -0.2) is 0 Å². The fraction of sp³-hybridized carbons (Fsp3) is 0.400. The topological polar surface area (TPSA) is 55.6 Å². The fourth-order valence-electron chi connectivity index (χ4n) is 1.75. The highest BCUT2D eigenvalue weighted by molar-refractivity contribution is 5.81. The lowest BCUT2D eigenvalue weighted by molar-refractivity contribution is -0.132. The zero-order chi connectivity index (χ0) is 14.3. The number of rotatable bonds is 6. The van der Waals surface area contributed by atoms with E-state index in [9.17, 15) is 4.79 Å². The third-order valence-electron chi connectivity index (χ3n) is 2.88. The van der Waals surface area contributed by atoms with Crippen LogP contribution in [0, 0.1) is 12.3 Å². The van der Waals surface area contributed by atoms with Crippen molar-refractivity contribution in [2.75, 3.05) is 13.7 Å². The van der Waals surface area contributed by atoms with Gasteiger partial charge in [-0.3, -0.25) is 4.79 Å². The van der Waals surface area contributed by atoms with Crippen molar-refractivity contribution in [3.63, 3.8) is 0 Å². The number of nitrogens with zero attached hydrogens (tertiary/aromatic N) is 1. The molecule has 4 nitrogen and oxygen atoms in total. The van der Waals surface area contributed by atoms with Crippen LogP contribution in [0.25, 0.3) is 0 Å². The van der Waals surface area contributed by atoms with Crippen molar-refractivity contribution in [3.05, 3.63) is 29.8 Å². The summed E-state index contributed by atoms with van der Waals surface area (Å²) in [5.41, 5.74) is 6.78. The van der Waals surface area contributed by atoms with Crippen LogP contribution in [0.4, 0.5) is 0 Å². The lowest BCUT2D eigenvalue weighted by Gasteiger charge is -2.23. The highest BCUT2D eigenvalue weighted by atomic mass is 16.5. The van der Waals surface area contributed by atoms with E-state index < -0.39 is 6.04 Å². The standard InChI is InChI=1S/C15H20N2O2/c1-4-6-14(16)15(18)17(5-2)11-12-7-9-13(19-3)10-8-12/h1,7-10,14H,5-6,11,16H2,2-3H3. The number of nitrogens with two attached hydrogens (primary N) is 1. The van der Waals surface area contributed by atoms with Crippen molar-refractivity contribution in [2.45, 2.75) is 25.9 Å². The molecule has 0 aromatic heterocycles. The van der Waals surface area contributed by atoms with Crippen LogP contribution < -0.4 is 10.5 Å². The monoisotopic (exact) mass is 260 g/mol. The Labute approximate surface area is 114 Å². The summed E-state index contributed by atoms with van der Waals surface area (Å²) in [4.78, 5) is 13.8. The van der Waals surface area contributed by atoms with Crippen molar-refractivity contribution in [1.29, 1.82) is 0 Å². The molecule has 102 valence electrons. The molecule has 0 spiro atoms. The molecule has 0 saturated carbocycles. The van der Waals surface area contributed by atoms with Gasteiger partial charge in [-0.15, -0.1) is 12.3 Å². The lowest BCUT2D eigenvalue weighted by atomic mass is 10.1. The summed E-state index contributed by atoms with van der Waals surface area (Å²) in [5.74, 6) is 3.10. The summed E-state index contributed by atoms with van der Waals surface area (Å²) in [6, 6.07) is 6.98. The van der Waals surface area contributed by atoms with E-state index in [0.29, 0.717) is 13.1 Å². The number of ether oxygens (including phenoxy) is 1. The number of carbonyl (C=O) groups excluding carboxylic acids is 1. The number of hydrogen-bond donors (Lipinski definition) is 1. The van der Waals surface area contributed by atoms with Gasteiger partial charge in [0.2, 0.25) is 5.91 Å². The van der Waals surface area contributed by atoms with E-state index in [0.717, 1.165) is 11.3 Å². The van der Waals surface area contributed by atoms with E-state index >= 15 is 0 Å². The van der Waals surface area contributed by atoms with Gasteiger partial charge in [-0.1, -0.05) is 12.1 Å². The van der Waals surface area contributed by atoms with Crippen LogP contribution in [0.15, 0.2) is 24.3 Å². The number of terminal acetylenes is 1. The fourth-order valence-corrected chi connectivity index (χ4v) is 1.75. The van der Waals surface area contributed by atoms with Gasteiger partial charge in [0.1, 0.15) is 5.75 Å². The van der Waals surface area contributed by atoms with E-state index in [1.54, 1.807) is 12.0 Å². The van der Waals surface area contributed by atoms with Crippen LogP contribution in [0.1, 0.15) is 18.9 Å². The van der Waals surface area contributed by atoms with Crippen LogP contribution in [0.2, 0.25) is 0 Å². The van der Waals surface area contributed by atoms with Crippen molar-refractivity contribution in [3.8, 4) is 18.1 Å². The molecule has 0 saturated heterocycles. The van der Waals surface area contributed by atoms with Crippen LogP contribution in [-0.4, -0.2) is 30.5 Å². The summed E-state index contributed by atoms with van der Waals surface area (Å²) in [5, 5.41) is 0. The minimum atomic E-state index is -0.622. The lowest BCUT2D eigenvalue weighted by Crippen LogP contribution is -2.43. The Morgan fingerprint density at radius 3 is 2.58 bits per heavy atom. The predicted molar refractivity (Wildman–Crippen MR) is 75.5 cm³/mol. The summed E-state index contributed by atoms with van der Waals surface area (Å²) in [6.07, 6.45) is 5.44. The maximum Gasteiger partial charge on any atom is 0.240 e. The minimum Gasteiger partial charge on any atom is -0.497 e. The normalized spacial score (nSPS) is 11.5. The molecule has 1 unspecified atom stereocenters. The summed E-state index contributed by atoms with van der Waals surface area (Å²) in [7, 11) is 1.62. The summed E-state index contributed by atoms with van der Waals surface area (Å²) >= 11 is 0. The number of benzene rings is 1. The quantitative estimate of drug-likeness (QED) is 0.786. The van der Waals surface area contributed by atoms with E-state index in [2.05, 4.69) is 5.92 Å². The number of hydrogen-bond acceptors (Lipinski definition) is 3. The molecule has 4 heteroatoms. The zero-order valence-electron chi connectivity index (χ0n) is 11.4. The van der Waals surface area contributed by atoms with E-state index in [1.807, 2.05) is 31.2 Å². The first-order valence-electron chi connectivity index (χ1n) is 6.23. The first-order chi connectivity index (χ1) is 9.12. The number of amides is 1. The van der Waals surface area contributed by atoms with E-state index in [1.165, 1.54) is 0 Å². The summed E-state index contributed by atoms with van der Waals surface area (Å²) in [6.45, 7) is 3.05. The third-order valence-corrected chi connectivity index (χ3v) is 2.88. The molecule has 1 rings (SSSR count). The molecule has 0 fully saturated rings. The van der Waals surface area contributed by atoms with E-state index in [4.69, 9.17) is 16.9 Å². The smallest absolute Gasteiger partial charge is 0.240 e. The Kier molecular flexibility index (Phi) is 5.91. The summed E-state index contributed by atoms with van der Waals surface area (Å²) < 4.78 is 5.10. The van der Waals surface area contributed by atoms with Gasteiger partial charge in [0.25, 0.3) is 0 Å². The molecule has 2 N–H and O–H groups in total. The Morgan fingerprint density at radius 1 is 1.47 bits per heavy atom. The second-order valence-corrected chi connectivity index (χ2v) is 4.22. The molecule has 1 amide bonds. The van der Waals surface area contributed by atoms with Gasteiger partial charge >= 0.3 is 0 Å². The second-order valence-electron chi connectivity index (χ2n) is 4.22. The number of likely N-dealkylation sites (N-methyl/N-ethyl adjacent to an activating group) is 1. The molecule has 0 radical (unpaired) electrons. The molecular weight excluding hydrogens is 240 g/mol. The molecule has 1 aromatic carbocycles. The number of methoxy groups -OCH3 is 1. The van der Waals surface area contributed by atoms with Gasteiger partial charge in [0.05, 0.1) is 13.2 Å². The molecule has 0 heterocycles. The minimum absolute atomic E-state index is 0.115. The maximum absolute atomic E-state index is 12.1. The van der Waals surface area contributed by atoms with Gasteiger partial charge in [-0.05, 0) is 24.6 Å². The largest absolute Gasteiger partial charge is 0.497 e. The van der Waals surface area contributed by atoms with Gasteiger partial charge in [0.15, 0.2) is 0 Å².